The van der Waals surface area contributed by atoms with E-state index in [1.54, 1.807) is 15.7 Å². The molecule has 0 aliphatic heterocycles. The van der Waals surface area contributed by atoms with E-state index in [1.165, 1.54) is 11.8 Å². The average Bonchev–Trinajstić information content (AvgIpc) is 3.15. The maximum atomic E-state index is 12.8. The molecule has 0 atom stereocenters. The van der Waals surface area contributed by atoms with Crippen LogP contribution in [0.5, 0.6) is 0 Å². The highest BCUT2D eigenvalue weighted by Gasteiger charge is 2.18. The van der Waals surface area contributed by atoms with Crippen LogP contribution in [0.15, 0.2) is 66.3 Å². The van der Waals surface area contributed by atoms with Gasteiger partial charge in [-0.15, -0.1) is 11.7 Å². The maximum Gasteiger partial charge on any atom is 0.237 e. The van der Waals surface area contributed by atoms with Crippen LogP contribution in [0.4, 0.5) is 5.69 Å². The van der Waals surface area contributed by atoms with Crippen LogP contribution in [0.25, 0.3) is 5.69 Å². The molecule has 0 aliphatic carbocycles. The third kappa shape index (κ3) is 4.25. The molecule has 3 aromatic rings. The Kier molecular flexibility index (Phi) is 6.03. The second kappa shape index (κ2) is 8.64. The third-order valence-corrected chi connectivity index (χ3v) is 5.15. The zero-order valence-corrected chi connectivity index (χ0v) is 16.2. The Labute approximate surface area is 162 Å². The number of hydrogen-bond acceptors (Lipinski definition) is 5. The Bertz CT molecular complexity index is 939. The number of carbonyl (C=O) groups excluding carboxylic acids is 1. The van der Waals surface area contributed by atoms with Gasteiger partial charge >= 0.3 is 0 Å². The minimum atomic E-state index is -0.0263. The first-order chi connectivity index (χ1) is 13.1. The lowest BCUT2D eigenvalue weighted by Crippen LogP contribution is -2.32. The van der Waals surface area contributed by atoms with Crippen LogP contribution in [0, 0.1) is 13.8 Å². The number of rotatable bonds is 7. The van der Waals surface area contributed by atoms with Crippen LogP contribution in [0.3, 0.4) is 0 Å². The summed E-state index contributed by atoms with van der Waals surface area (Å²) >= 11 is 1.32. The summed E-state index contributed by atoms with van der Waals surface area (Å²) in [5.41, 5.74) is 4.03. The summed E-state index contributed by atoms with van der Waals surface area (Å²) in [4.78, 5) is 14.5. The van der Waals surface area contributed by atoms with E-state index in [0.29, 0.717) is 11.7 Å². The highest BCUT2D eigenvalue weighted by atomic mass is 32.2. The van der Waals surface area contributed by atoms with Gasteiger partial charge in [-0.3, -0.25) is 4.79 Å². The van der Waals surface area contributed by atoms with E-state index in [-0.39, 0.29) is 11.7 Å². The van der Waals surface area contributed by atoms with Gasteiger partial charge in [0.1, 0.15) is 0 Å². The summed E-state index contributed by atoms with van der Waals surface area (Å²) < 4.78 is 1.68. The fourth-order valence-corrected chi connectivity index (χ4v) is 3.44. The lowest BCUT2D eigenvalue weighted by atomic mass is 10.1. The summed E-state index contributed by atoms with van der Waals surface area (Å²) in [5.74, 6) is 0.204. The lowest BCUT2D eigenvalue weighted by Gasteiger charge is -2.21. The van der Waals surface area contributed by atoms with Crippen molar-refractivity contribution in [2.24, 2.45) is 0 Å². The van der Waals surface area contributed by atoms with Gasteiger partial charge in [-0.2, -0.15) is 4.68 Å². The van der Waals surface area contributed by atoms with E-state index in [4.69, 9.17) is 0 Å². The van der Waals surface area contributed by atoms with E-state index in [1.807, 2.05) is 62.4 Å². The van der Waals surface area contributed by atoms with Crippen molar-refractivity contribution in [1.29, 1.82) is 0 Å². The Balaban J connectivity index is 1.77. The molecule has 6 nitrogen and oxygen atoms in total. The number of benzene rings is 2. The molecule has 0 saturated carbocycles. The number of hydrogen-bond donors (Lipinski definition) is 0. The quantitative estimate of drug-likeness (QED) is 0.464. The van der Waals surface area contributed by atoms with Crippen LogP contribution in [-0.4, -0.2) is 38.4 Å². The molecule has 0 radical (unpaired) electrons. The first-order valence-corrected chi connectivity index (χ1v) is 9.54. The van der Waals surface area contributed by atoms with Gasteiger partial charge in [-0.05, 0) is 53.6 Å². The number of nitrogens with zero attached hydrogens (tertiary/aromatic N) is 5. The van der Waals surface area contributed by atoms with Gasteiger partial charge in [0.25, 0.3) is 0 Å². The Morgan fingerprint density at radius 1 is 1.19 bits per heavy atom. The number of aryl methyl sites for hydroxylation is 1. The topological polar surface area (TPSA) is 63.9 Å². The van der Waals surface area contributed by atoms with Crippen molar-refractivity contribution in [3.8, 4) is 5.69 Å². The first-order valence-electron chi connectivity index (χ1n) is 8.56. The van der Waals surface area contributed by atoms with Crippen LogP contribution in [0.2, 0.25) is 0 Å². The van der Waals surface area contributed by atoms with Gasteiger partial charge in [0.15, 0.2) is 0 Å². The van der Waals surface area contributed by atoms with E-state index in [2.05, 4.69) is 22.1 Å². The maximum absolute atomic E-state index is 12.8. The first kappa shape index (κ1) is 18.8. The summed E-state index contributed by atoms with van der Waals surface area (Å²) in [5, 5.41) is 12.6. The predicted molar refractivity (Wildman–Crippen MR) is 108 cm³/mol. The number of thioether (sulfide) groups is 1. The number of anilines is 1. The summed E-state index contributed by atoms with van der Waals surface area (Å²) in [6, 6.07) is 15.6. The zero-order chi connectivity index (χ0) is 19.2. The molecule has 27 heavy (non-hydrogen) atoms. The second-order valence-electron chi connectivity index (χ2n) is 6.01. The standard InChI is InChI=1S/C20H21N5OS/c1-4-13-24(17-10-6-5-7-11-17)19(26)14-27-20-21-22-23-25(20)18-12-8-9-15(2)16(18)3/h4-12H,1,13-14H2,2-3H3. The minimum absolute atomic E-state index is 0.0263. The summed E-state index contributed by atoms with van der Waals surface area (Å²) in [6.45, 7) is 8.29. The molecule has 1 aromatic heterocycles. The molecule has 0 aliphatic rings. The SMILES string of the molecule is C=CCN(C(=O)CSc1nnnn1-c1cccc(C)c1C)c1ccccc1. The van der Waals surface area contributed by atoms with Gasteiger partial charge < -0.3 is 4.90 Å². The Morgan fingerprint density at radius 3 is 2.70 bits per heavy atom. The molecular formula is C20H21N5OS. The van der Waals surface area contributed by atoms with Crippen molar-refractivity contribution < 1.29 is 4.79 Å². The van der Waals surface area contributed by atoms with Crippen LogP contribution in [-0.2, 0) is 4.79 Å². The summed E-state index contributed by atoms with van der Waals surface area (Å²) in [7, 11) is 0. The molecule has 7 heteroatoms. The number of amides is 1. The van der Waals surface area contributed by atoms with Crippen LogP contribution < -0.4 is 4.90 Å². The molecule has 0 unspecified atom stereocenters. The molecule has 1 heterocycles. The molecule has 0 N–H and O–H groups in total. The van der Waals surface area contributed by atoms with Gasteiger partial charge in [-0.25, -0.2) is 0 Å². The monoisotopic (exact) mass is 379 g/mol. The Hall–Kier alpha value is -2.93. The molecule has 138 valence electrons. The number of aromatic nitrogens is 4. The minimum Gasteiger partial charge on any atom is -0.308 e. The van der Waals surface area contributed by atoms with Crippen molar-refractivity contribution in [3.63, 3.8) is 0 Å². The second-order valence-corrected chi connectivity index (χ2v) is 6.95. The molecule has 0 spiro atoms. The average molecular weight is 379 g/mol. The lowest BCUT2D eigenvalue weighted by molar-refractivity contribution is -0.116. The highest BCUT2D eigenvalue weighted by Crippen LogP contribution is 2.23. The Morgan fingerprint density at radius 2 is 1.96 bits per heavy atom. The predicted octanol–water partition coefficient (Wildman–Crippen LogP) is 3.59. The van der Waals surface area contributed by atoms with Crippen LogP contribution in [0.1, 0.15) is 11.1 Å². The zero-order valence-electron chi connectivity index (χ0n) is 15.4. The number of para-hydroxylation sites is 1. The van der Waals surface area contributed by atoms with E-state index in [0.717, 1.165) is 22.5 Å². The van der Waals surface area contributed by atoms with Crippen LogP contribution >= 0.6 is 11.8 Å². The van der Waals surface area contributed by atoms with Gasteiger partial charge in [0.2, 0.25) is 11.1 Å². The fraction of sp³-hybridized carbons (Fsp3) is 0.200. The fourth-order valence-electron chi connectivity index (χ4n) is 2.68. The third-order valence-electron chi connectivity index (χ3n) is 4.25. The number of tetrazole rings is 1. The highest BCUT2D eigenvalue weighted by molar-refractivity contribution is 7.99. The van der Waals surface area contributed by atoms with Crippen molar-refractivity contribution in [1.82, 2.24) is 20.2 Å². The van der Waals surface area contributed by atoms with Crippen molar-refractivity contribution >= 4 is 23.4 Å². The van der Waals surface area contributed by atoms with E-state index >= 15 is 0 Å². The van der Waals surface area contributed by atoms with E-state index in [9.17, 15) is 4.79 Å². The van der Waals surface area contributed by atoms with Gasteiger partial charge in [0.05, 0.1) is 11.4 Å². The molecule has 2 aromatic carbocycles. The summed E-state index contributed by atoms with van der Waals surface area (Å²) in [6.07, 6.45) is 1.72. The van der Waals surface area contributed by atoms with Gasteiger partial charge in [0, 0.05) is 12.2 Å². The molecule has 0 saturated heterocycles. The van der Waals surface area contributed by atoms with Crippen molar-refractivity contribution in [2.75, 3.05) is 17.2 Å². The van der Waals surface area contributed by atoms with Gasteiger partial charge in [-0.1, -0.05) is 48.2 Å². The number of carbonyl (C=O) groups is 1. The largest absolute Gasteiger partial charge is 0.308 e. The normalized spacial score (nSPS) is 10.6. The molecule has 0 bridgehead atoms. The molecule has 0 fully saturated rings. The molecular weight excluding hydrogens is 358 g/mol. The molecule has 3 rings (SSSR count). The molecule has 1 amide bonds. The van der Waals surface area contributed by atoms with Crippen molar-refractivity contribution in [3.05, 3.63) is 72.3 Å². The van der Waals surface area contributed by atoms with Crippen molar-refractivity contribution in [2.45, 2.75) is 19.0 Å². The van der Waals surface area contributed by atoms with E-state index < -0.39 is 0 Å². The smallest absolute Gasteiger partial charge is 0.237 e.